The zero-order valence-corrected chi connectivity index (χ0v) is 17.1. The van der Waals surface area contributed by atoms with Gasteiger partial charge in [0.1, 0.15) is 0 Å². The second-order valence-corrected chi connectivity index (χ2v) is 8.09. The number of carbonyl (C=O) groups is 2. The number of benzene rings is 1. The summed E-state index contributed by atoms with van der Waals surface area (Å²) in [4.78, 5) is 28.0. The number of aromatic nitrogens is 1. The van der Waals surface area contributed by atoms with Gasteiger partial charge in [-0.1, -0.05) is 30.0 Å². The Morgan fingerprint density at radius 3 is 2.77 bits per heavy atom. The Hall–Kier alpha value is -1.86. The van der Waals surface area contributed by atoms with Crippen molar-refractivity contribution < 1.29 is 14.3 Å². The molecule has 1 heterocycles. The fourth-order valence-electron chi connectivity index (χ4n) is 2.32. The summed E-state index contributed by atoms with van der Waals surface area (Å²) in [6.07, 6.45) is 0.168. The Kier molecular flexibility index (Phi) is 7.66. The number of esters is 1. The molecule has 0 radical (unpaired) electrons. The number of amides is 1. The van der Waals surface area contributed by atoms with Gasteiger partial charge in [0.15, 0.2) is 4.34 Å². The summed E-state index contributed by atoms with van der Waals surface area (Å²) >= 11 is 2.81. The number of hydrogen-bond donors (Lipinski definition) is 1. The van der Waals surface area contributed by atoms with Crippen molar-refractivity contribution in [3.05, 3.63) is 46.0 Å². The van der Waals surface area contributed by atoms with Crippen LogP contribution >= 0.6 is 23.1 Å². The van der Waals surface area contributed by atoms with Crippen molar-refractivity contribution in [2.45, 2.75) is 44.5 Å². The van der Waals surface area contributed by atoms with Gasteiger partial charge >= 0.3 is 5.97 Å². The second-order valence-electron chi connectivity index (χ2n) is 6.01. The van der Waals surface area contributed by atoms with Gasteiger partial charge in [-0.3, -0.25) is 9.59 Å². The first kappa shape index (κ1) is 20.5. The average molecular weight is 393 g/mol. The van der Waals surface area contributed by atoms with E-state index in [1.54, 1.807) is 6.92 Å². The van der Waals surface area contributed by atoms with Crippen LogP contribution in [0.5, 0.6) is 0 Å². The van der Waals surface area contributed by atoms with Crippen LogP contribution in [0.15, 0.2) is 27.9 Å². The van der Waals surface area contributed by atoms with Crippen molar-refractivity contribution >= 4 is 35.0 Å². The van der Waals surface area contributed by atoms with Gasteiger partial charge in [0.05, 0.1) is 30.5 Å². The molecule has 140 valence electrons. The first-order valence-corrected chi connectivity index (χ1v) is 10.3. The molecule has 0 bridgehead atoms. The zero-order valence-electron chi connectivity index (χ0n) is 15.5. The van der Waals surface area contributed by atoms with E-state index in [1.165, 1.54) is 34.2 Å². The molecule has 1 aromatic heterocycles. The van der Waals surface area contributed by atoms with Crippen LogP contribution in [0.25, 0.3) is 0 Å². The molecule has 26 heavy (non-hydrogen) atoms. The molecule has 1 amide bonds. The molecular formula is C19H24N2O3S2. The number of carbonyl (C=O) groups excluding carboxylic acids is 2. The SMILES string of the molecule is CCOC(=O)Cc1csc(SCC(=O)N[C@@H](C)c2ccc(C)c(C)c2)n1. The summed E-state index contributed by atoms with van der Waals surface area (Å²) < 4.78 is 5.69. The van der Waals surface area contributed by atoms with Crippen molar-refractivity contribution in [2.24, 2.45) is 0 Å². The normalized spacial score (nSPS) is 11.8. The van der Waals surface area contributed by atoms with E-state index in [0.29, 0.717) is 18.1 Å². The molecule has 1 atom stereocenters. The molecule has 2 aromatic rings. The lowest BCUT2D eigenvalue weighted by atomic mass is 10.0. The molecule has 1 aromatic carbocycles. The highest BCUT2D eigenvalue weighted by Gasteiger charge is 2.13. The van der Waals surface area contributed by atoms with E-state index >= 15 is 0 Å². The Labute approximate surface area is 162 Å². The number of aryl methyl sites for hydroxylation is 2. The minimum Gasteiger partial charge on any atom is -0.466 e. The van der Waals surface area contributed by atoms with Crippen molar-refractivity contribution in [1.29, 1.82) is 0 Å². The van der Waals surface area contributed by atoms with Crippen LogP contribution in [0.1, 0.15) is 42.3 Å². The Balaban J connectivity index is 1.82. The maximum Gasteiger partial charge on any atom is 0.311 e. The molecule has 2 rings (SSSR count). The zero-order chi connectivity index (χ0) is 19.1. The maximum absolute atomic E-state index is 12.2. The smallest absolute Gasteiger partial charge is 0.311 e. The van der Waals surface area contributed by atoms with Crippen LogP contribution in [-0.4, -0.2) is 29.2 Å². The van der Waals surface area contributed by atoms with Crippen molar-refractivity contribution in [1.82, 2.24) is 10.3 Å². The van der Waals surface area contributed by atoms with Crippen LogP contribution in [0, 0.1) is 13.8 Å². The summed E-state index contributed by atoms with van der Waals surface area (Å²) in [5.41, 5.74) is 4.23. The third-order valence-electron chi connectivity index (χ3n) is 3.90. The largest absolute Gasteiger partial charge is 0.466 e. The summed E-state index contributed by atoms with van der Waals surface area (Å²) in [5.74, 6) is -0.0289. The Morgan fingerprint density at radius 2 is 2.08 bits per heavy atom. The van der Waals surface area contributed by atoms with Crippen LogP contribution < -0.4 is 5.32 Å². The highest BCUT2D eigenvalue weighted by molar-refractivity contribution is 8.01. The Morgan fingerprint density at radius 1 is 1.31 bits per heavy atom. The molecule has 1 N–H and O–H groups in total. The first-order chi connectivity index (χ1) is 12.4. The van der Waals surface area contributed by atoms with Crippen molar-refractivity contribution in [2.75, 3.05) is 12.4 Å². The van der Waals surface area contributed by atoms with Crippen molar-refractivity contribution in [3.8, 4) is 0 Å². The van der Waals surface area contributed by atoms with Gasteiger partial charge in [-0.2, -0.15) is 0 Å². The van der Waals surface area contributed by atoms with Crippen LogP contribution in [-0.2, 0) is 20.7 Å². The Bertz CT molecular complexity index is 774. The lowest BCUT2D eigenvalue weighted by Gasteiger charge is -2.15. The van der Waals surface area contributed by atoms with Crippen LogP contribution in [0.2, 0.25) is 0 Å². The quantitative estimate of drug-likeness (QED) is 0.546. The minimum absolute atomic E-state index is 0.0390. The molecule has 5 nitrogen and oxygen atoms in total. The number of thioether (sulfide) groups is 1. The van der Waals surface area contributed by atoms with Gasteiger partial charge in [0.2, 0.25) is 5.91 Å². The van der Waals surface area contributed by atoms with Crippen LogP contribution in [0.4, 0.5) is 0 Å². The average Bonchev–Trinajstić information content (AvgIpc) is 3.03. The van der Waals surface area contributed by atoms with Gasteiger partial charge in [-0.15, -0.1) is 11.3 Å². The van der Waals surface area contributed by atoms with E-state index in [2.05, 4.69) is 36.3 Å². The maximum atomic E-state index is 12.2. The molecule has 0 aliphatic carbocycles. The van der Waals surface area contributed by atoms with Gasteiger partial charge in [-0.05, 0) is 44.4 Å². The van der Waals surface area contributed by atoms with Gasteiger partial charge in [0, 0.05) is 5.38 Å². The molecule has 0 saturated heterocycles. The lowest BCUT2D eigenvalue weighted by Crippen LogP contribution is -2.28. The molecule has 0 spiro atoms. The number of ether oxygens (including phenoxy) is 1. The predicted octanol–water partition coefficient (Wildman–Crippen LogP) is 3.84. The standard InChI is InChI=1S/C19H24N2O3S2/c1-5-24-18(23)9-16-10-25-19(21-16)26-11-17(22)20-14(4)15-7-6-12(2)13(3)8-15/h6-8,10,14H,5,9,11H2,1-4H3,(H,20,22)/t14-/m0/s1. The topological polar surface area (TPSA) is 68.3 Å². The van der Waals surface area contributed by atoms with Crippen LogP contribution in [0.3, 0.4) is 0 Å². The van der Waals surface area contributed by atoms with E-state index in [9.17, 15) is 9.59 Å². The number of hydrogen-bond acceptors (Lipinski definition) is 6. The molecular weight excluding hydrogens is 368 g/mol. The second kappa shape index (κ2) is 9.73. The highest BCUT2D eigenvalue weighted by Crippen LogP contribution is 2.23. The number of rotatable bonds is 8. The fraction of sp³-hybridized carbons (Fsp3) is 0.421. The van der Waals surface area contributed by atoms with E-state index in [0.717, 1.165) is 9.90 Å². The monoisotopic (exact) mass is 392 g/mol. The van der Waals surface area contributed by atoms with Gasteiger partial charge in [-0.25, -0.2) is 4.98 Å². The molecule has 0 saturated carbocycles. The third-order valence-corrected chi connectivity index (χ3v) is 5.97. The van der Waals surface area contributed by atoms with E-state index in [4.69, 9.17) is 4.74 Å². The van der Waals surface area contributed by atoms with Gasteiger partial charge < -0.3 is 10.1 Å². The van der Waals surface area contributed by atoms with E-state index in [-0.39, 0.29) is 24.3 Å². The molecule has 0 unspecified atom stereocenters. The molecule has 0 aliphatic heterocycles. The predicted molar refractivity (Wildman–Crippen MR) is 106 cm³/mol. The third kappa shape index (κ3) is 6.14. The summed E-state index contributed by atoms with van der Waals surface area (Å²) in [6, 6.07) is 6.18. The number of thiazole rings is 1. The highest BCUT2D eigenvalue weighted by atomic mass is 32.2. The summed E-state index contributed by atoms with van der Waals surface area (Å²) in [7, 11) is 0. The molecule has 7 heteroatoms. The first-order valence-electron chi connectivity index (χ1n) is 8.48. The number of nitrogens with zero attached hydrogens (tertiary/aromatic N) is 1. The van der Waals surface area contributed by atoms with E-state index < -0.39 is 0 Å². The summed E-state index contributed by atoms with van der Waals surface area (Å²) in [5, 5.41) is 4.84. The lowest BCUT2D eigenvalue weighted by molar-refractivity contribution is -0.142. The minimum atomic E-state index is -0.283. The van der Waals surface area contributed by atoms with Gasteiger partial charge in [0.25, 0.3) is 0 Å². The van der Waals surface area contributed by atoms with Crippen molar-refractivity contribution in [3.63, 3.8) is 0 Å². The summed E-state index contributed by atoms with van der Waals surface area (Å²) in [6.45, 7) is 8.26. The number of nitrogens with one attached hydrogen (secondary N) is 1. The molecule has 0 fully saturated rings. The fourth-order valence-corrected chi connectivity index (χ4v) is 3.98. The van der Waals surface area contributed by atoms with E-state index in [1.807, 2.05) is 18.4 Å². The molecule has 0 aliphatic rings.